The van der Waals surface area contributed by atoms with Crippen LogP contribution in [0, 0.1) is 0 Å². The maximum atomic E-state index is 11.5. The first-order chi connectivity index (χ1) is 7.16. The van der Waals surface area contributed by atoms with Crippen molar-refractivity contribution >= 4 is 23.3 Å². The lowest BCUT2D eigenvalue weighted by molar-refractivity contribution is 0.642. The first-order valence-electron chi connectivity index (χ1n) is 4.45. The van der Waals surface area contributed by atoms with Crippen molar-refractivity contribution in [2.75, 3.05) is 14.1 Å². The summed E-state index contributed by atoms with van der Waals surface area (Å²) in [5.41, 5.74) is 0.874. The third kappa shape index (κ3) is 1.88. The zero-order chi connectivity index (χ0) is 10.8. The SMILES string of the molecule is CN(C)/C=N/c1nc2cc[nH]c2c(=O)[nH]1. The summed E-state index contributed by atoms with van der Waals surface area (Å²) >= 11 is 0. The average molecular weight is 205 g/mol. The van der Waals surface area contributed by atoms with Gasteiger partial charge in [0, 0.05) is 20.3 Å². The molecular weight excluding hydrogens is 194 g/mol. The van der Waals surface area contributed by atoms with E-state index in [1.165, 1.54) is 0 Å². The first kappa shape index (κ1) is 9.45. The molecule has 0 aromatic carbocycles. The number of hydrogen-bond donors (Lipinski definition) is 2. The number of rotatable bonds is 2. The number of hydrogen-bond acceptors (Lipinski definition) is 3. The summed E-state index contributed by atoms with van der Waals surface area (Å²) in [6.07, 6.45) is 3.25. The molecule has 0 radical (unpaired) electrons. The van der Waals surface area contributed by atoms with Crippen LogP contribution in [0.3, 0.4) is 0 Å². The Morgan fingerprint density at radius 1 is 1.53 bits per heavy atom. The fourth-order valence-corrected chi connectivity index (χ4v) is 1.17. The minimum absolute atomic E-state index is 0.212. The second kappa shape index (κ2) is 3.56. The molecule has 0 bridgehead atoms. The quantitative estimate of drug-likeness (QED) is 0.552. The van der Waals surface area contributed by atoms with Gasteiger partial charge in [-0.25, -0.2) is 9.98 Å². The van der Waals surface area contributed by atoms with E-state index >= 15 is 0 Å². The second-order valence-electron chi connectivity index (χ2n) is 3.34. The topological polar surface area (TPSA) is 77.1 Å². The lowest BCUT2D eigenvalue weighted by Gasteiger charge is -2.01. The molecule has 0 atom stereocenters. The summed E-state index contributed by atoms with van der Waals surface area (Å²) < 4.78 is 0. The summed E-state index contributed by atoms with van der Waals surface area (Å²) in [4.78, 5) is 26.8. The van der Waals surface area contributed by atoms with Gasteiger partial charge in [-0.3, -0.25) is 9.78 Å². The Morgan fingerprint density at radius 3 is 3.07 bits per heavy atom. The van der Waals surface area contributed by atoms with Crippen LogP contribution in [0.4, 0.5) is 5.95 Å². The van der Waals surface area contributed by atoms with Crippen molar-refractivity contribution in [3.8, 4) is 0 Å². The summed E-state index contributed by atoms with van der Waals surface area (Å²) in [7, 11) is 3.69. The molecule has 0 spiro atoms. The van der Waals surface area contributed by atoms with Crippen molar-refractivity contribution in [1.82, 2.24) is 19.9 Å². The number of H-pyrrole nitrogens is 2. The molecular formula is C9H11N5O. The Morgan fingerprint density at radius 2 is 2.33 bits per heavy atom. The minimum Gasteiger partial charge on any atom is -0.369 e. The van der Waals surface area contributed by atoms with Crippen LogP contribution >= 0.6 is 0 Å². The predicted molar refractivity (Wildman–Crippen MR) is 58.6 cm³/mol. The second-order valence-corrected chi connectivity index (χ2v) is 3.34. The van der Waals surface area contributed by atoms with Crippen molar-refractivity contribution in [1.29, 1.82) is 0 Å². The van der Waals surface area contributed by atoms with Gasteiger partial charge in [-0.15, -0.1) is 0 Å². The number of nitrogens with one attached hydrogen (secondary N) is 2. The standard InChI is InChI=1S/C9H11N5O/c1-14(2)5-11-9-12-6-3-4-10-7(6)8(15)13-9/h3-5,10H,1-2H3,(H,12,13,15)/b11-5+. The Bertz CT molecular complexity index is 551. The predicted octanol–water partition coefficient (Wildman–Crippen LogP) is 0.473. The third-order valence-electron chi connectivity index (χ3n) is 1.81. The van der Waals surface area contributed by atoms with Crippen molar-refractivity contribution < 1.29 is 0 Å². The van der Waals surface area contributed by atoms with Gasteiger partial charge in [0.25, 0.3) is 5.56 Å². The number of aromatic nitrogens is 3. The molecule has 6 heteroatoms. The zero-order valence-corrected chi connectivity index (χ0v) is 8.48. The number of aromatic amines is 2. The number of nitrogens with zero attached hydrogens (tertiary/aromatic N) is 3. The maximum Gasteiger partial charge on any atom is 0.276 e. The first-order valence-corrected chi connectivity index (χ1v) is 4.45. The molecule has 0 amide bonds. The summed E-state index contributed by atoms with van der Waals surface area (Å²) in [6.45, 7) is 0. The van der Waals surface area contributed by atoms with E-state index in [0.717, 1.165) is 0 Å². The van der Waals surface area contributed by atoms with Gasteiger partial charge in [-0.05, 0) is 6.07 Å². The van der Waals surface area contributed by atoms with E-state index in [2.05, 4.69) is 19.9 Å². The van der Waals surface area contributed by atoms with Crippen molar-refractivity contribution in [2.45, 2.75) is 0 Å². The van der Waals surface area contributed by atoms with E-state index in [0.29, 0.717) is 17.0 Å². The molecule has 0 aliphatic heterocycles. The van der Waals surface area contributed by atoms with Gasteiger partial charge in [0.2, 0.25) is 5.95 Å². The Labute approximate surface area is 85.7 Å². The van der Waals surface area contributed by atoms with E-state index in [4.69, 9.17) is 0 Å². The number of aliphatic imine (C=N–C) groups is 1. The molecule has 0 fully saturated rings. The van der Waals surface area contributed by atoms with Crippen molar-refractivity contribution in [3.63, 3.8) is 0 Å². The van der Waals surface area contributed by atoms with Crippen molar-refractivity contribution in [2.24, 2.45) is 4.99 Å². The van der Waals surface area contributed by atoms with Gasteiger partial charge in [0.05, 0.1) is 11.9 Å². The number of fused-ring (bicyclic) bond motifs is 1. The maximum absolute atomic E-state index is 11.5. The summed E-state index contributed by atoms with van der Waals surface area (Å²) in [5, 5.41) is 0. The molecule has 0 unspecified atom stereocenters. The fraction of sp³-hybridized carbons (Fsp3) is 0.222. The van der Waals surface area contributed by atoms with Gasteiger partial charge >= 0.3 is 0 Å². The Hall–Kier alpha value is -2.11. The van der Waals surface area contributed by atoms with E-state index in [1.54, 1.807) is 23.5 Å². The molecule has 15 heavy (non-hydrogen) atoms. The molecule has 2 N–H and O–H groups in total. The Balaban J connectivity index is 2.50. The van der Waals surface area contributed by atoms with Gasteiger partial charge in [-0.2, -0.15) is 0 Å². The van der Waals surface area contributed by atoms with Crippen LogP contribution in [0.2, 0.25) is 0 Å². The molecule has 0 aliphatic carbocycles. The van der Waals surface area contributed by atoms with E-state index in [-0.39, 0.29) is 5.56 Å². The molecule has 2 aromatic rings. The van der Waals surface area contributed by atoms with Gasteiger partial charge in [-0.1, -0.05) is 0 Å². The lowest BCUT2D eigenvalue weighted by atomic mass is 10.4. The van der Waals surface area contributed by atoms with Crippen LogP contribution in [0.25, 0.3) is 11.0 Å². The molecule has 2 rings (SSSR count). The highest BCUT2D eigenvalue weighted by molar-refractivity contribution is 5.74. The highest BCUT2D eigenvalue weighted by atomic mass is 16.1. The highest BCUT2D eigenvalue weighted by Crippen LogP contribution is 2.07. The zero-order valence-electron chi connectivity index (χ0n) is 8.48. The van der Waals surface area contributed by atoms with Crippen LogP contribution in [-0.2, 0) is 0 Å². The molecule has 78 valence electrons. The summed E-state index contributed by atoms with van der Waals surface area (Å²) in [5.74, 6) is 0.306. The van der Waals surface area contributed by atoms with Gasteiger partial charge < -0.3 is 9.88 Å². The van der Waals surface area contributed by atoms with Crippen LogP contribution in [0.5, 0.6) is 0 Å². The molecule has 0 saturated heterocycles. The fourth-order valence-electron chi connectivity index (χ4n) is 1.17. The van der Waals surface area contributed by atoms with E-state index in [9.17, 15) is 4.79 Å². The highest BCUT2D eigenvalue weighted by Gasteiger charge is 2.02. The average Bonchev–Trinajstić information content (AvgIpc) is 2.63. The van der Waals surface area contributed by atoms with Crippen LogP contribution < -0.4 is 5.56 Å². The van der Waals surface area contributed by atoms with Crippen LogP contribution in [0.1, 0.15) is 0 Å². The lowest BCUT2D eigenvalue weighted by Crippen LogP contribution is -2.10. The largest absolute Gasteiger partial charge is 0.369 e. The summed E-state index contributed by atoms with van der Waals surface area (Å²) in [6, 6.07) is 1.74. The molecule has 0 saturated carbocycles. The van der Waals surface area contributed by atoms with E-state index in [1.807, 2.05) is 14.1 Å². The Kier molecular flexibility index (Phi) is 2.24. The minimum atomic E-state index is -0.212. The van der Waals surface area contributed by atoms with E-state index < -0.39 is 0 Å². The van der Waals surface area contributed by atoms with Crippen LogP contribution in [0.15, 0.2) is 22.1 Å². The van der Waals surface area contributed by atoms with Gasteiger partial charge in [0.15, 0.2) is 0 Å². The monoisotopic (exact) mass is 205 g/mol. The van der Waals surface area contributed by atoms with Crippen molar-refractivity contribution in [3.05, 3.63) is 22.6 Å². The molecule has 2 aromatic heterocycles. The molecule has 2 heterocycles. The third-order valence-corrected chi connectivity index (χ3v) is 1.81. The smallest absolute Gasteiger partial charge is 0.276 e. The molecule has 0 aliphatic rings. The normalized spacial score (nSPS) is 11.3. The molecule has 6 nitrogen and oxygen atoms in total. The van der Waals surface area contributed by atoms with Gasteiger partial charge in [0.1, 0.15) is 5.52 Å². The van der Waals surface area contributed by atoms with Crippen LogP contribution in [-0.4, -0.2) is 40.3 Å².